The smallest absolute Gasteiger partial charge is 0.183 e. The molecule has 3 heterocycles. The van der Waals surface area contributed by atoms with Gasteiger partial charge in [0.2, 0.25) is 0 Å². The molecule has 1 aromatic heterocycles. The van der Waals surface area contributed by atoms with E-state index in [1.165, 1.54) is 12.8 Å². The number of rotatable bonds is 4. The van der Waals surface area contributed by atoms with E-state index in [1.54, 1.807) is 20.4 Å². The predicted octanol–water partition coefficient (Wildman–Crippen LogP) is 1.55. The molecule has 0 saturated carbocycles. The first-order valence-electron chi connectivity index (χ1n) is 7.30. The summed E-state index contributed by atoms with van der Waals surface area (Å²) in [6.45, 7) is 0.822. The molecule has 2 fully saturated rings. The average Bonchev–Trinajstić information content (AvgIpc) is 2.70. The minimum absolute atomic E-state index is 0.365. The summed E-state index contributed by atoms with van der Waals surface area (Å²) in [5.41, 5.74) is 7.08. The number of nitrogens with zero attached hydrogens (tertiary/aromatic N) is 2. The number of ether oxygens (including phenoxy) is 2. The summed E-state index contributed by atoms with van der Waals surface area (Å²) in [6.07, 6.45) is 6.50. The third kappa shape index (κ3) is 2.36. The first-order valence-corrected chi connectivity index (χ1v) is 7.30. The molecule has 2 unspecified atom stereocenters. The minimum Gasteiger partial charge on any atom is -0.493 e. The van der Waals surface area contributed by atoms with E-state index in [9.17, 15) is 0 Å². The van der Waals surface area contributed by atoms with E-state index in [-0.39, 0.29) is 0 Å². The summed E-state index contributed by atoms with van der Waals surface area (Å²) in [5.74, 6) is 1.50. The standard InChI is InChI=1S/C15H23N3O2/c1-19-14-5-6-17-13(15(14)20-2)9-18-11-3-4-12(18)8-10(16)7-11/h5-6,10-12H,3-4,7-9,16H2,1-2H3. The number of hydrogen-bond acceptors (Lipinski definition) is 5. The summed E-state index contributed by atoms with van der Waals surface area (Å²) in [6, 6.07) is 3.40. The van der Waals surface area contributed by atoms with Crippen molar-refractivity contribution in [3.05, 3.63) is 18.0 Å². The average molecular weight is 277 g/mol. The highest BCUT2D eigenvalue weighted by molar-refractivity contribution is 5.42. The molecule has 2 aliphatic heterocycles. The second kappa shape index (κ2) is 5.58. The van der Waals surface area contributed by atoms with Crippen LogP contribution in [-0.2, 0) is 6.54 Å². The highest BCUT2D eigenvalue weighted by Gasteiger charge is 2.39. The Morgan fingerprint density at radius 3 is 2.55 bits per heavy atom. The Labute approximate surface area is 120 Å². The van der Waals surface area contributed by atoms with Crippen molar-refractivity contribution >= 4 is 0 Å². The second-order valence-electron chi connectivity index (χ2n) is 5.78. The maximum atomic E-state index is 6.13. The number of aromatic nitrogens is 1. The van der Waals surface area contributed by atoms with Gasteiger partial charge in [-0.15, -0.1) is 0 Å². The van der Waals surface area contributed by atoms with E-state index in [1.807, 2.05) is 6.07 Å². The molecule has 0 radical (unpaired) electrons. The van der Waals surface area contributed by atoms with Gasteiger partial charge in [-0.1, -0.05) is 0 Å². The van der Waals surface area contributed by atoms with Gasteiger partial charge in [-0.3, -0.25) is 9.88 Å². The van der Waals surface area contributed by atoms with E-state index in [0.717, 1.165) is 36.6 Å². The zero-order valence-corrected chi connectivity index (χ0v) is 12.2. The summed E-state index contributed by atoms with van der Waals surface area (Å²) in [4.78, 5) is 7.04. The molecule has 2 aliphatic rings. The summed E-state index contributed by atoms with van der Waals surface area (Å²) >= 11 is 0. The molecule has 3 rings (SSSR count). The van der Waals surface area contributed by atoms with Gasteiger partial charge in [-0.2, -0.15) is 0 Å². The molecular weight excluding hydrogens is 254 g/mol. The van der Waals surface area contributed by atoms with Gasteiger partial charge in [0.25, 0.3) is 0 Å². The van der Waals surface area contributed by atoms with Gasteiger partial charge in [-0.25, -0.2) is 0 Å². The first-order chi connectivity index (χ1) is 9.72. The maximum absolute atomic E-state index is 6.13. The molecule has 2 bridgehead atoms. The van der Waals surface area contributed by atoms with Crippen LogP contribution in [0.5, 0.6) is 11.5 Å². The largest absolute Gasteiger partial charge is 0.493 e. The normalized spacial score (nSPS) is 29.4. The van der Waals surface area contributed by atoms with Crippen molar-refractivity contribution in [2.24, 2.45) is 5.73 Å². The fraction of sp³-hybridized carbons (Fsp3) is 0.667. The van der Waals surface area contributed by atoms with Crippen LogP contribution in [-0.4, -0.2) is 42.2 Å². The van der Waals surface area contributed by atoms with Gasteiger partial charge < -0.3 is 15.2 Å². The van der Waals surface area contributed by atoms with Crippen molar-refractivity contribution in [3.63, 3.8) is 0 Å². The van der Waals surface area contributed by atoms with Crippen LogP contribution in [0.1, 0.15) is 31.4 Å². The maximum Gasteiger partial charge on any atom is 0.183 e. The molecule has 0 spiro atoms. The van der Waals surface area contributed by atoms with Gasteiger partial charge in [0.1, 0.15) is 5.69 Å². The zero-order valence-electron chi connectivity index (χ0n) is 12.2. The number of methoxy groups -OCH3 is 2. The molecule has 0 amide bonds. The highest BCUT2D eigenvalue weighted by Crippen LogP contribution is 2.38. The van der Waals surface area contributed by atoms with E-state index in [0.29, 0.717) is 18.1 Å². The Morgan fingerprint density at radius 2 is 1.95 bits per heavy atom. The van der Waals surface area contributed by atoms with E-state index in [4.69, 9.17) is 15.2 Å². The number of pyridine rings is 1. The van der Waals surface area contributed by atoms with E-state index < -0.39 is 0 Å². The van der Waals surface area contributed by atoms with Gasteiger partial charge in [0.05, 0.1) is 14.2 Å². The van der Waals surface area contributed by atoms with Crippen LogP contribution in [0.3, 0.4) is 0 Å². The van der Waals surface area contributed by atoms with Crippen LogP contribution in [0.15, 0.2) is 12.3 Å². The molecule has 110 valence electrons. The fourth-order valence-corrected chi connectivity index (χ4v) is 3.71. The molecule has 1 aromatic rings. The van der Waals surface area contributed by atoms with Crippen molar-refractivity contribution in [1.29, 1.82) is 0 Å². The molecule has 0 aliphatic carbocycles. The highest BCUT2D eigenvalue weighted by atomic mass is 16.5. The molecule has 0 aromatic carbocycles. The molecular formula is C15H23N3O2. The Hall–Kier alpha value is -1.33. The minimum atomic E-state index is 0.365. The number of fused-ring (bicyclic) bond motifs is 2. The molecule has 2 N–H and O–H groups in total. The van der Waals surface area contributed by atoms with Crippen LogP contribution in [0.25, 0.3) is 0 Å². The lowest BCUT2D eigenvalue weighted by Crippen LogP contribution is -2.46. The summed E-state index contributed by atoms with van der Waals surface area (Å²) in [7, 11) is 3.33. The Balaban J connectivity index is 1.82. The van der Waals surface area contributed by atoms with Crippen LogP contribution in [0.4, 0.5) is 0 Å². The summed E-state index contributed by atoms with van der Waals surface area (Å²) in [5, 5.41) is 0. The van der Waals surface area contributed by atoms with Gasteiger partial charge in [-0.05, 0) is 25.7 Å². The van der Waals surface area contributed by atoms with Crippen molar-refractivity contribution in [2.45, 2.75) is 50.4 Å². The lowest BCUT2D eigenvalue weighted by Gasteiger charge is -2.37. The van der Waals surface area contributed by atoms with Crippen LogP contribution in [0, 0.1) is 0 Å². The third-order valence-corrected chi connectivity index (χ3v) is 4.62. The van der Waals surface area contributed by atoms with Crippen molar-refractivity contribution < 1.29 is 9.47 Å². The summed E-state index contributed by atoms with van der Waals surface area (Å²) < 4.78 is 10.8. The van der Waals surface area contributed by atoms with Crippen LogP contribution >= 0.6 is 0 Å². The fourth-order valence-electron chi connectivity index (χ4n) is 3.71. The van der Waals surface area contributed by atoms with Crippen LogP contribution in [0.2, 0.25) is 0 Å². The molecule has 5 heteroatoms. The molecule has 2 saturated heterocycles. The predicted molar refractivity (Wildman–Crippen MR) is 76.9 cm³/mol. The monoisotopic (exact) mass is 277 g/mol. The van der Waals surface area contributed by atoms with Gasteiger partial charge in [0.15, 0.2) is 11.5 Å². The van der Waals surface area contributed by atoms with Crippen molar-refractivity contribution in [3.8, 4) is 11.5 Å². The lowest BCUT2D eigenvalue weighted by atomic mass is 9.98. The quantitative estimate of drug-likeness (QED) is 0.905. The first kappa shape index (κ1) is 13.6. The van der Waals surface area contributed by atoms with Crippen molar-refractivity contribution in [2.75, 3.05) is 14.2 Å². The van der Waals surface area contributed by atoms with Crippen molar-refractivity contribution in [1.82, 2.24) is 9.88 Å². The van der Waals surface area contributed by atoms with Gasteiger partial charge >= 0.3 is 0 Å². The topological polar surface area (TPSA) is 60.6 Å². The zero-order chi connectivity index (χ0) is 14.1. The Morgan fingerprint density at radius 1 is 1.25 bits per heavy atom. The molecule has 5 nitrogen and oxygen atoms in total. The Bertz CT molecular complexity index is 466. The molecule has 20 heavy (non-hydrogen) atoms. The third-order valence-electron chi connectivity index (χ3n) is 4.62. The Kier molecular flexibility index (Phi) is 3.81. The molecule has 2 atom stereocenters. The number of piperidine rings is 1. The SMILES string of the molecule is COc1ccnc(CN2C3CCC2CC(N)C3)c1OC. The van der Waals surface area contributed by atoms with Gasteiger partial charge in [0, 0.05) is 36.9 Å². The lowest BCUT2D eigenvalue weighted by molar-refractivity contribution is 0.117. The van der Waals surface area contributed by atoms with E-state index >= 15 is 0 Å². The second-order valence-corrected chi connectivity index (χ2v) is 5.78. The van der Waals surface area contributed by atoms with E-state index in [2.05, 4.69) is 9.88 Å². The number of nitrogens with two attached hydrogens (primary N) is 1. The van der Waals surface area contributed by atoms with Crippen LogP contribution < -0.4 is 15.2 Å². The number of hydrogen-bond donors (Lipinski definition) is 1.